The normalized spacial score (nSPS) is 14.4. The Kier molecular flexibility index (Phi) is 6.32. The number of rotatable bonds is 6. The van der Waals surface area contributed by atoms with E-state index in [4.69, 9.17) is 14.2 Å². The molecule has 1 aromatic heterocycles. The van der Waals surface area contributed by atoms with Gasteiger partial charge in [0.15, 0.2) is 11.5 Å². The highest BCUT2D eigenvalue weighted by atomic mass is 16.5. The second-order valence-corrected chi connectivity index (χ2v) is 7.66. The standard InChI is InChI=1S/C24H27N3O5/c1-30-20-9-8-17(21(31-2)22(20)32-3)15-26-10-12-27(13-11-26)24(29)18-14-16-6-4-5-7-19(16)25-23(18)28/h4-9,14H,10-13,15H2,1-3H3,(H,25,28). The van der Waals surface area contributed by atoms with Gasteiger partial charge in [-0.2, -0.15) is 0 Å². The predicted molar refractivity (Wildman–Crippen MR) is 122 cm³/mol. The molecule has 1 aliphatic heterocycles. The third-order valence-electron chi connectivity index (χ3n) is 5.82. The van der Waals surface area contributed by atoms with Crippen molar-refractivity contribution in [2.45, 2.75) is 6.54 Å². The van der Waals surface area contributed by atoms with Gasteiger partial charge in [0.1, 0.15) is 5.56 Å². The zero-order valence-corrected chi connectivity index (χ0v) is 18.5. The van der Waals surface area contributed by atoms with Crippen molar-refractivity contribution < 1.29 is 19.0 Å². The van der Waals surface area contributed by atoms with Crippen LogP contribution in [0.15, 0.2) is 47.3 Å². The van der Waals surface area contributed by atoms with Crippen LogP contribution < -0.4 is 19.8 Å². The molecule has 1 amide bonds. The van der Waals surface area contributed by atoms with Crippen molar-refractivity contribution in [1.82, 2.24) is 14.8 Å². The zero-order chi connectivity index (χ0) is 22.7. The van der Waals surface area contributed by atoms with Crippen LogP contribution in [-0.2, 0) is 6.54 Å². The van der Waals surface area contributed by atoms with Crippen molar-refractivity contribution in [2.24, 2.45) is 0 Å². The molecule has 2 aromatic carbocycles. The minimum atomic E-state index is -0.355. The monoisotopic (exact) mass is 437 g/mol. The number of hydrogen-bond donors (Lipinski definition) is 1. The van der Waals surface area contributed by atoms with Crippen molar-refractivity contribution in [3.63, 3.8) is 0 Å². The number of pyridine rings is 1. The average Bonchev–Trinajstić information content (AvgIpc) is 2.83. The number of aromatic nitrogens is 1. The molecule has 32 heavy (non-hydrogen) atoms. The van der Waals surface area contributed by atoms with E-state index in [9.17, 15) is 9.59 Å². The molecule has 2 heterocycles. The van der Waals surface area contributed by atoms with Crippen LogP contribution in [0, 0.1) is 0 Å². The van der Waals surface area contributed by atoms with Crippen LogP contribution in [0.25, 0.3) is 10.9 Å². The third-order valence-corrected chi connectivity index (χ3v) is 5.82. The molecule has 1 saturated heterocycles. The molecule has 1 N–H and O–H groups in total. The van der Waals surface area contributed by atoms with E-state index >= 15 is 0 Å². The molecule has 0 bridgehead atoms. The van der Waals surface area contributed by atoms with Gasteiger partial charge in [-0.1, -0.05) is 24.3 Å². The third kappa shape index (κ3) is 4.13. The molecule has 8 heteroatoms. The molecular weight excluding hydrogens is 410 g/mol. The van der Waals surface area contributed by atoms with E-state index in [0.29, 0.717) is 50.0 Å². The summed E-state index contributed by atoms with van der Waals surface area (Å²) in [6, 6.07) is 13.0. The fourth-order valence-corrected chi connectivity index (χ4v) is 4.11. The van der Waals surface area contributed by atoms with Crippen molar-refractivity contribution >= 4 is 16.8 Å². The van der Waals surface area contributed by atoms with Crippen molar-refractivity contribution in [1.29, 1.82) is 0 Å². The summed E-state index contributed by atoms with van der Waals surface area (Å²) in [5, 5.41) is 0.842. The second kappa shape index (κ2) is 9.32. The number of carbonyl (C=O) groups is 1. The molecule has 1 aliphatic rings. The van der Waals surface area contributed by atoms with Crippen LogP contribution in [0.1, 0.15) is 15.9 Å². The van der Waals surface area contributed by atoms with Gasteiger partial charge in [-0.05, 0) is 23.6 Å². The number of benzene rings is 2. The molecule has 3 aromatic rings. The number of nitrogens with zero attached hydrogens (tertiary/aromatic N) is 2. The number of hydrogen-bond acceptors (Lipinski definition) is 6. The average molecular weight is 437 g/mol. The highest BCUT2D eigenvalue weighted by molar-refractivity contribution is 5.97. The molecule has 8 nitrogen and oxygen atoms in total. The molecule has 0 unspecified atom stereocenters. The number of methoxy groups -OCH3 is 3. The van der Waals surface area contributed by atoms with Crippen LogP contribution in [0.5, 0.6) is 17.2 Å². The van der Waals surface area contributed by atoms with Crippen molar-refractivity contribution in [2.75, 3.05) is 47.5 Å². The first-order valence-electron chi connectivity index (χ1n) is 10.5. The lowest BCUT2D eigenvalue weighted by Gasteiger charge is -2.35. The molecule has 0 spiro atoms. The van der Waals surface area contributed by atoms with Gasteiger partial charge in [-0.15, -0.1) is 0 Å². The predicted octanol–water partition coefficient (Wildman–Crippen LogP) is 2.51. The number of amides is 1. The number of carbonyl (C=O) groups excluding carboxylic acids is 1. The van der Waals surface area contributed by atoms with Gasteiger partial charge in [0.05, 0.1) is 21.3 Å². The Bertz CT molecular complexity index is 1180. The Balaban J connectivity index is 1.45. The first-order chi connectivity index (χ1) is 15.5. The molecule has 168 valence electrons. The smallest absolute Gasteiger partial charge is 0.261 e. The minimum absolute atomic E-state index is 0.179. The molecule has 1 fully saturated rings. The number of piperazine rings is 1. The van der Waals surface area contributed by atoms with Gasteiger partial charge in [-0.25, -0.2) is 0 Å². The molecular formula is C24H27N3O5. The van der Waals surface area contributed by atoms with Gasteiger partial charge in [0, 0.05) is 43.8 Å². The topological polar surface area (TPSA) is 84.1 Å². The highest BCUT2D eigenvalue weighted by Gasteiger charge is 2.25. The molecule has 4 rings (SSSR count). The van der Waals surface area contributed by atoms with Crippen LogP contribution in [0.2, 0.25) is 0 Å². The van der Waals surface area contributed by atoms with Crippen LogP contribution in [0.4, 0.5) is 0 Å². The maximum atomic E-state index is 13.0. The lowest BCUT2D eigenvalue weighted by molar-refractivity contribution is 0.0625. The number of fused-ring (bicyclic) bond motifs is 1. The Morgan fingerprint density at radius 3 is 2.34 bits per heavy atom. The first-order valence-corrected chi connectivity index (χ1v) is 10.5. The number of ether oxygens (including phenoxy) is 3. The second-order valence-electron chi connectivity index (χ2n) is 7.66. The molecule has 0 aliphatic carbocycles. The van der Waals surface area contributed by atoms with E-state index in [1.54, 1.807) is 32.3 Å². The summed E-state index contributed by atoms with van der Waals surface area (Å²) >= 11 is 0. The summed E-state index contributed by atoms with van der Waals surface area (Å²) in [5.74, 6) is 1.59. The SMILES string of the molecule is COc1ccc(CN2CCN(C(=O)c3cc4ccccc4[nH]c3=O)CC2)c(OC)c1OC. The Labute approximate surface area is 186 Å². The summed E-state index contributed by atoms with van der Waals surface area (Å²) in [6.45, 7) is 3.12. The van der Waals surface area contributed by atoms with Crippen molar-refractivity contribution in [3.8, 4) is 17.2 Å². The van der Waals surface area contributed by atoms with E-state index in [2.05, 4.69) is 9.88 Å². The van der Waals surface area contributed by atoms with Gasteiger partial charge < -0.3 is 24.1 Å². The lowest BCUT2D eigenvalue weighted by Crippen LogP contribution is -2.49. The van der Waals surface area contributed by atoms with Gasteiger partial charge in [0.2, 0.25) is 5.75 Å². The fraction of sp³-hybridized carbons (Fsp3) is 0.333. The lowest BCUT2D eigenvalue weighted by atomic mass is 10.1. The van der Waals surface area contributed by atoms with Gasteiger partial charge >= 0.3 is 0 Å². The Morgan fingerprint density at radius 1 is 0.938 bits per heavy atom. The van der Waals surface area contributed by atoms with E-state index in [1.165, 1.54) is 0 Å². The summed E-state index contributed by atoms with van der Waals surface area (Å²) in [7, 11) is 4.79. The maximum absolute atomic E-state index is 13.0. The Morgan fingerprint density at radius 2 is 1.66 bits per heavy atom. The number of nitrogens with one attached hydrogen (secondary N) is 1. The number of H-pyrrole nitrogens is 1. The summed E-state index contributed by atoms with van der Waals surface area (Å²) in [5.41, 5.74) is 1.53. The van der Waals surface area contributed by atoms with Gasteiger partial charge in [0.25, 0.3) is 11.5 Å². The van der Waals surface area contributed by atoms with E-state index in [1.807, 2.05) is 36.4 Å². The van der Waals surface area contributed by atoms with Gasteiger partial charge in [-0.3, -0.25) is 14.5 Å². The van der Waals surface area contributed by atoms with Crippen LogP contribution in [-0.4, -0.2) is 68.2 Å². The minimum Gasteiger partial charge on any atom is -0.493 e. The van der Waals surface area contributed by atoms with E-state index in [-0.39, 0.29) is 17.0 Å². The van der Waals surface area contributed by atoms with E-state index < -0.39 is 0 Å². The first kappa shape index (κ1) is 21.7. The van der Waals surface area contributed by atoms with E-state index in [0.717, 1.165) is 16.5 Å². The maximum Gasteiger partial charge on any atom is 0.261 e. The highest BCUT2D eigenvalue weighted by Crippen LogP contribution is 2.40. The molecule has 0 atom stereocenters. The Hall–Kier alpha value is -3.52. The quantitative estimate of drug-likeness (QED) is 0.638. The number of para-hydroxylation sites is 1. The summed E-state index contributed by atoms with van der Waals surface area (Å²) < 4.78 is 16.4. The molecule has 0 radical (unpaired) electrons. The fourth-order valence-electron chi connectivity index (χ4n) is 4.11. The number of aromatic amines is 1. The van der Waals surface area contributed by atoms with Crippen LogP contribution >= 0.6 is 0 Å². The largest absolute Gasteiger partial charge is 0.493 e. The zero-order valence-electron chi connectivity index (χ0n) is 18.5. The summed E-state index contributed by atoms with van der Waals surface area (Å²) in [6.07, 6.45) is 0. The molecule has 0 saturated carbocycles. The summed E-state index contributed by atoms with van der Waals surface area (Å²) in [4.78, 5) is 32.3. The van der Waals surface area contributed by atoms with Crippen molar-refractivity contribution in [3.05, 3.63) is 63.9 Å². The van der Waals surface area contributed by atoms with Crippen LogP contribution in [0.3, 0.4) is 0 Å².